The summed E-state index contributed by atoms with van der Waals surface area (Å²) in [5.41, 5.74) is 0. The minimum absolute atomic E-state index is 1.02. The van der Waals surface area contributed by atoms with E-state index in [4.69, 9.17) is 0 Å². The Morgan fingerprint density at radius 1 is 0.625 bits per heavy atom. The molecule has 0 amide bonds. The van der Waals surface area contributed by atoms with Crippen LogP contribution in [0.1, 0.15) is 79.1 Å². The lowest BCUT2D eigenvalue weighted by molar-refractivity contribution is -0.929. The first-order valence-electron chi connectivity index (χ1n) is 10.2. The van der Waals surface area contributed by atoms with Crippen molar-refractivity contribution >= 4 is 12.6 Å². The molecule has 0 aliphatic carbocycles. The Labute approximate surface area is 157 Å². The summed E-state index contributed by atoms with van der Waals surface area (Å²) >= 11 is 4.08. The van der Waals surface area contributed by atoms with Crippen molar-refractivity contribution in [2.45, 2.75) is 84.0 Å². The van der Waals surface area contributed by atoms with Crippen LogP contribution in [-0.2, 0) is 0 Å². The summed E-state index contributed by atoms with van der Waals surface area (Å²) in [6, 6.07) is 9.79. The molecular formula is C22H42NS+. The number of nitrogens with zero attached hydrogens (tertiary/aromatic N) is 1. The average Bonchev–Trinajstić information content (AvgIpc) is 2.62. The zero-order chi connectivity index (χ0) is 18.1. The lowest BCUT2D eigenvalue weighted by Crippen LogP contribution is -2.50. The highest BCUT2D eigenvalue weighted by Crippen LogP contribution is 2.16. The molecule has 0 atom stereocenters. The molecule has 1 rings (SSSR count). The highest BCUT2D eigenvalue weighted by atomic mass is 32.1. The van der Waals surface area contributed by atoms with Gasteiger partial charge >= 0.3 is 0 Å². The number of unbranched alkanes of at least 4 members (excludes halogenated alkanes) is 4. The zero-order valence-electron chi connectivity index (χ0n) is 16.8. The van der Waals surface area contributed by atoms with Crippen molar-refractivity contribution in [2.24, 2.45) is 0 Å². The molecule has 1 aromatic rings. The van der Waals surface area contributed by atoms with Gasteiger partial charge in [-0.05, 0) is 37.8 Å². The van der Waals surface area contributed by atoms with E-state index in [0.29, 0.717) is 0 Å². The van der Waals surface area contributed by atoms with Gasteiger partial charge in [0, 0.05) is 4.90 Å². The highest BCUT2D eigenvalue weighted by molar-refractivity contribution is 7.80. The topological polar surface area (TPSA) is 0 Å². The minimum Gasteiger partial charge on any atom is -0.324 e. The molecule has 0 aliphatic heterocycles. The molecule has 0 spiro atoms. The molecular weight excluding hydrogens is 310 g/mol. The van der Waals surface area contributed by atoms with Crippen LogP contribution in [0.2, 0.25) is 0 Å². The van der Waals surface area contributed by atoms with Gasteiger partial charge in [-0.25, -0.2) is 0 Å². The van der Waals surface area contributed by atoms with Crippen LogP contribution in [0.25, 0.3) is 0 Å². The molecule has 0 fully saturated rings. The van der Waals surface area contributed by atoms with E-state index in [2.05, 4.69) is 40.3 Å². The molecule has 0 aromatic heterocycles. The molecule has 24 heavy (non-hydrogen) atoms. The fourth-order valence-corrected chi connectivity index (χ4v) is 3.25. The molecule has 1 nitrogen and oxygen atoms in total. The zero-order valence-corrected chi connectivity index (χ0v) is 17.7. The summed E-state index contributed by atoms with van der Waals surface area (Å²) in [4.78, 5) is 1.02. The van der Waals surface area contributed by atoms with Gasteiger partial charge in [-0.1, -0.05) is 71.6 Å². The van der Waals surface area contributed by atoms with Crippen molar-refractivity contribution in [1.29, 1.82) is 0 Å². The quantitative estimate of drug-likeness (QED) is 0.304. The lowest BCUT2D eigenvalue weighted by atomic mass is 10.1. The fourth-order valence-electron chi connectivity index (χ4n) is 3.07. The number of rotatable bonds is 12. The van der Waals surface area contributed by atoms with Crippen LogP contribution < -0.4 is 0 Å². The van der Waals surface area contributed by atoms with E-state index in [9.17, 15) is 0 Å². The maximum atomic E-state index is 4.08. The third kappa shape index (κ3) is 12.0. The summed E-state index contributed by atoms with van der Waals surface area (Å²) < 4.78 is 1.42. The maximum Gasteiger partial charge on any atom is 0.0786 e. The van der Waals surface area contributed by atoms with Gasteiger partial charge in [-0.3, -0.25) is 0 Å². The number of thiol groups is 1. The molecule has 0 saturated carbocycles. The first kappa shape index (κ1) is 23.5. The largest absolute Gasteiger partial charge is 0.324 e. The molecule has 1 aromatic carbocycles. The van der Waals surface area contributed by atoms with E-state index in [-0.39, 0.29) is 0 Å². The van der Waals surface area contributed by atoms with Crippen molar-refractivity contribution in [3.8, 4) is 0 Å². The van der Waals surface area contributed by atoms with Gasteiger partial charge in [0.2, 0.25) is 0 Å². The van der Waals surface area contributed by atoms with Crippen LogP contribution in [0.3, 0.4) is 0 Å². The number of benzene rings is 1. The maximum absolute atomic E-state index is 4.08. The molecule has 0 unspecified atom stereocenters. The van der Waals surface area contributed by atoms with Crippen LogP contribution in [0.5, 0.6) is 0 Å². The Bertz CT molecular complexity index is 326. The summed E-state index contributed by atoms with van der Waals surface area (Å²) in [7, 11) is 0. The first-order chi connectivity index (χ1) is 11.6. The van der Waals surface area contributed by atoms with Crippen molar-refractivity contribution in [1.82, 2.24) is 0 Å². The predicted octanol–water partition coefficient (Wildman–Crippen LogP) is 6.98. The molecule has 0 aliphatic rings. The Morgan fingerprint density at radius 3 is 1.17 bits per heavy atom. The van der Waals surface area contributed by atoms with Gasteiger partial charge in [0.25, 0.3) is 0 Å². The molecule has 0 radical (unpaired) electrons. The molecule has 2 heteroatoms. The number of hydrogen-bond acceptors (Lipinski definition) is 1. The summed E-state index contributed by atoms with van der Waals surface area (Å²) in [5, 5.41) is 0. The Morgan fingerprint density at radius 2 is 0.958 bits per heavy atom. The van der Waals surface area contributed by atoms with E-state index in [1.165, 1.54) is 82.0 Å². The molecule has 0 heterocycles. The van der Waals surface area contributed by atoms with E-state index in [1.54, 1.807) is 0 Å². The summed E-state index contributed by atoms with van der Waals surface area (Å²) in [6.07, 6.45) is 11.1. The average molecular weight is 353 g/mol. The summed E-state index contributed by atoms with van der Waals surface area (Å²) in [5.74, 6) is 0. The number of hydrogen-bond donors (Lipinski definition) is 1. The third-order valence-electron chi connectivity index (χ3n) is 4.70. The van der Waals surface area contributed by atoms with Gasteiger partial charge in [-0.2, -0.15) is 0 Å². The standard InChI is InChI=1S/C16H36N.C6H6S/c1-5-9-13-17(14-10-6-2,15-11-7-3)16-12-8-4;7-6-4-2-1-3-5-6/h5-16H2,1-4H3;1-5,7H/q+1;. The van der Waals surface area contributed by atoms with E-state index in [1.807, 2.05) is 30.3 Å². The third-order valence-corrected chi connectivity index (χ3v) is 5.00. The highest BCUT2D eigenvalue weighted by Gasteiger charge is 2.24. The van der Waals surface area contributed by atoms with Crippen molar-refractivity contribution < 1.29 is 4.48 Å². The second kappa shape index (κ2) is 16.0. The van der Waals surface area contributed by atoms with E-state index in [0.717, 1.165) is 4.90 Å². The van der Waals surface area contributed by atoms with Crippen LogP contribution in [0, 0.1) is 0 Å². The van der Waals surface area contributed by atoms with Gasteiger partial charge in [0.1, 0.15) is 0 Å². The lowest BCUT2D eigenvalue weighted by Gasteiger charge is -2.39. The van der Waals surface area contributed by atoms with E-state index >= 15 is 0 Å². The predicted molar refractivity (Wildman–Crippen MR) is 113 cm³/mol. The van der Waals surface area contributed by atoms with Crippen LogP contribution in [0.15, 0.2) is 35.2 Å². The van der Waals surface area contributed by atoms with Crippen molar-refractivity contribution in [3.05, 3.63) is 30.3 Å². The normalized spacial score (nSPS) is 11.0. The molecule has 140 valence electrons. The SMILES string of the molecule is CCCC[N+](CCCC)(CCCC)CCCC.Sc1ccccc1. The fraction of sp³-hybridized carbons (Fsp3) is 0.727. The monoisotopic (exact) mass is 352 g/mol. The van der Waals surface area contributed by atoms with Gasteiger partial charge in [0.15, 0.2) is 0 Å². The van der Waals surface area contributed by atoms with Gasteiger partial charge < -0.3 is 4.48 Å². The van der Waals surface area contributed by atoms with Gasteiger partial charge in [-0.15, -0.1) is 12.6 Å². The Kier molecular flexibility index (Phi) is 15.7. The first-order valence-corrected chi connectivity index (χ1v) is 10.7. The van der Waals surface area contributed by atoms with Crippen LogP contribution in [0.4, 0.5) is 0 Å². The summed E-state index contributed by atoms with van der Waals surface area (Å²) in [6.45, 7) is 15.0. The van der Waals surface area contributed by atoms with Crippen LogP contribution in [-0.4, -0.2) is 30.7 Å². The second-order valence-corrected chi connectivity index (χ2v) is 7.50. The molecule has 0 N–H and O–H groups in total. The second-order valence-electron chi connectivity index (χ2n) is 6.99. The number of quaternary nitrogens is 1. The minimum atomic E-state index is 1.02. The molecule has 0 bridgehead atoms. The van der Waals surface area contributed by atoms with Crippen molar-refractivity contribution in [2.75, 3.05) is 26.2 Å². The Balaban J connectivity index is 0.000000620. The smallest absolute Gasteiger partial charge is 0.0786 e. The van der Waals surface area contributed by atoms with Gasteiger partial charge in [0.05, 0.1) is 26.2 Å². The van der Waals surface area contributed by atoms with Crippen LogP contribution >= 0.6 is 12.6 Å². The van der Waals surface area contributed by atoms with Crippen molar-refractivity contribution in [3.63, 3.8) is 0 Å². The van der Waals surface area contributed by atoms with E-state index < -0.39 is 0 Å². The Hall–Kier alpha value is -0.470. The molecule has 0 saturated heterocycles.